The van der Waals surface area contributed by atoms with Crippen LogP contribution in [0.4, 0.5) is 0 Å². The number of nitrogens with two attached hydrogens (primary N) is 3. The third-order valence-corrected chi connectivity index (χ3v) is 2.27. The Morgan fingerprint density at radius 1 is 1.23 bits per heavy atom. The Morgan fingerprint density at radius 3 is 2.14 bits per heavy atom. The Kier molecular flexibility index (Phi) is 14.3. The summed E-state index contributed by atoms with van der Waals surface area (Å²) < 4.78 is 0. The van der Waals surface area contributed by atoms with Crippen molar-refractivity contribution < 1.29 is 9.59 Å². The third kappa shape index (κ3) is 11.9. The van der Waals surface area contributed by atoms with Crippen LogP contribution in [0.15, 0.2) is 16.8 Å². The van der Waals surface area contributed by atoms with Gasteiger partial charge in [0.1, 0.15) is 11.8 Å². The summed E-state index contributed by atoms with van der Waals surface area (Å²) in [7, 11) is 0. The second-order valence-corrected chi connectivity index (χ2v) is 4.81. The topological polar surface area (TPSA) is 137 Å². The molecule has 0 rings (SSSR count). The van der Waals surface area contributed by atoms with Crippen LogP contribution in [0.25, 0.3) is 0 Å². The Labute approximate surface area is 133 Å². The van der Waals surface area contributed by atoms with Gasteiger partial charge in [-0.1, -0.05) is 20.3 Å². The molecule has 0 fully saturated rings. The van der Waals surface area contributed by atoms with Gasteiger partial charge in [0.05, 0.1) is 0 Å². The van der Waals surface area contributed by atoms with E-state index >= 15 is 0 Å². The van der Waals surface area contributed by atoms with Crippen molar-refractivity contribution in [2.75, 3.05) is 13.1 Å². The first-order valence-corrected chi connectivity index (χ1v) is 7.62. The van der Waals surface area contributed by atoms with Crippen molar-refractivity contribution in [1.82, 2.24) is 5.32 Å². The highest BCUT2D eigenvalue weighted by molar-refractivity contribution is 6.43. The standard InChI is InChI=1S/C12H23N5O2.C3H8/c1-3-16-10(7-8(2)14)12(19)17-9(11(15)18)5-4-6-13;1-3-2/h7,9H,3-6,13-14H2,1-2H3,(H2,15,18)(H,17,19);3H2,1-2H3/b8-7-,16-10?;. The maximum Gasteiger partial charge on any atom is 0.270 e. The predicted molar refractivity (Wildman–Crippen MR) is 91.3 cm³/mol. The van der Waals surface area contributed by atoms with Gasteiger partial charge in [0.15, 0.2) is 0 Å². The Morgan fingerprint density at radius 2 is 1.77 bits per heavy atom. The zero-order chi connectivity index (χ0) is 17.5. The lowest BCUT2D eigenvalue weighted by molar-refractivity contribution is -0.124. The van der Waals surface area contributed by atoms with Crippen LogP contribution in [0.3, 0.4) is 0 Å². The number of carbonyl (C=O) groups excluding carboxylic acids is 2. The highest BCUT2D eigenvalue weighted by atomic mass is 16.2. The first-order valence-electron chi connectivity index (χ1n) is 7.62. The van der Waals surface area contributed by atoms with Gasteiger partial charge in [-0.3, -0.25) is 14.6 Å². The lowest BCUT2D eigenvalue weighted by Crippen LogP contribution is -2.47. The fourth-order valence-electron chi connectivity index (χ4n) is 1.41. The smallest absolute Gasteiger partial charge is 0.270 e. The predicted octanol–water partition coefficient (Wildman–Crippen LogP) is 0.435. The summed E-state index contributed by atoms with van der Waals surface area (Å²) in [6, 6.07) is -0.746. The number of amides is 2. The molecule has 7 N–H and O–H groups in total. The molecule has 0 radical (unpaired) electrons. The van der Waals surface area contributed by atoms with E-state index < -0.39 is 17.9 Å². The molecule has 22 heavy (non-hydrogen) atoms. The molecule has 0 saturated carbocycles. The highest BCUT2D eigenvalue weighted by Crippen LogP contribution is 1.97. The van der Waals surface area contributed by atoms with E-state index in [1.54, 1.807) is 13.8 Å². The van der Waals surface area contributed by atoms with Crippen LogP contribution in [0, 0.1) is 0 Å². The van der Waals surface area contributed by atoms with E-state index in [1.165, 1.54) is 12.5 Å². The van der Waals surface area contributed by atoms with Gasteiger partial charge in [-0.05, 0) is 39.3 Å². The van der Waals surface area contributed by atoms with Crippen LogP contribution < -0.4 is 22.5 Å². The first kappa shape index (κ1) is 22.4. The van der Waals surface area contributed by atoms with E-state index in [2.05, 4.69) is 24.2 Å². The second kappa shape index (κ2) is 14.1. The number of nitrogens with one attached hydrogen (secondary N) is 1. The average Bonchev–Trinajstić information content (AvgIpc) is 2.42. The summed E-state index contributed by atoms with van der Waals surface area (Å²) in [6.45, 7) is 8.57. The molecule has 0 aliphatic heterocycles. The molecular formula is C15H31N5O2. The zero-order valence-electron chi connectivity index (χ0n) is 14.2. The van der Waals surface area contributed by atoms with E-state index in [4.69, 9.17) is 17.2 Å². The number of rotatable bonds is 8. The summed E-state index contributed by atoms with van der Waals surface area (Å²) in [4.78, 5) is 27.2. The summed E-state index contributed by atoms with van der Waals surface area (Å²) >= 11 is 0. The number of hydrogen-bond donors (Lipinski definition) is 4. The molecule has 0 heterocycles. The third-order valence-electron chi connectivity index (χ3n) is 2.27. The Balaban J connectivity index is 0. The molecule has 0 aromatic carbocycles. The van der Waals surface area contributed by atoms with Gasteiger partial charge >= 0.3 is 0 Å². The lowest BCUT2D eigenvalue weighted by atomic mass is 10.1. The second-order valence-electron chi connectivity index (χ2n) is 4.81. The molecule has 0 spiro atoms. The van der Waals surface area contributed by atoms with Crippen LogP contribution in [-0.4, -0.2) is 36.7 Å². The maximum absolute atomic E-state index is 12.0. The molecule has 7 heteroatoms. The van der Waals surface area contributed by atoms with E-state index in [-0.39, 0.29) is 5.71 Å². The number of carbonyl (C=O) groups is 2. The fourth-order valence-corrected chi connectivity index (χ4v) is 1.41. The van der Waals surface area contributed by atoms with E-state index in [0.717, 1.165) is 0 Å². The van der Waals surface area contributed by atoms with E-state index in [0.29, 0.717) is 31.6 Å². The fraction of sp³-hybridized carbons (Fsp3) is 0.667. The molecule has 0 aromatic heterocycles. The number of aliphatic imine (C=N–C) groups is 1. The Bertz CT molecular complexity index is 387. The van der Waals surface area contributed by atoms with Gasteiger partial charge < -0.3 is 22.5 Å². The molecule has 2 amide bonds. The van der Waals surface area contributed by atoms with Gasteiger partial charge in [0, 0.05) is 12.2 Å². The van der Waals surface area contributed by atoms with E-state index in [9.17, 15) is 9.59 Å². The van der Waals surface area contributed by atoms with Gasteiger partial charge in [0.25, 0.3) is 5.91 Å². The number of hydrogen-bond acceptors (Lipinski definition) is 5. The summed E-state index contributed by atoms with van der Waals surface area (Å²) in [5, 5.41) is 2.54. The number of nitrogens with zero attached hydrogens (tertiary/aromatic N) is 1. The summed E-state index contributed by atoms with van der Waals surface area (Å²) in [5.74, 6) is -1.06. The van der Waals surface area contributed by atoms with Gasteiger partial charge in [-0.2, -0.15) is 0 Å². The van der Waals surface area contributed by atoms with Gasteiger partial charge in [-0.15, -0.1) is 0 Å². The average molecular weight is 313 g/mol. The minimum atomic E-state index is -0.746. The molecule has 0 saturated heterocycles. The Hall–Kier alpha value is -1.89. The molecule has 0 bridgehead atoms. The maximum atomic E-state index is 12.0. The highest BCUT2D eigenvalue weighted by Gasteiger charge is 2.19. The normalized spacial score (nSPS) is 13.0. The lowest BCUT2D eigenvalue weighted by Gasteiger charge is -2.15. The van der Waals surface area contributed by atoms with Crippen molar-refractivity contribution in [1.29, 1.82) is 0 Å². The molecule has 0 aliphatic carbocycles. The molecule has 1 atom stereocenters. The SMILES string of the molecule is CCC.CCN=C(/C=C(/C)N)C(=O)NC(CCCN)C(N)=O. The van der Waals surface area contributed by atoms with Crippen LogP contribution >= 0.6 is 0 Å². The van der Waals surface area contributed by atoms with Gasteiger partial charge in [-0.25, -0.2) is 0 Å². The number of primary amides is 1. The minimum absolute atomic E-state index is 0.182. The summed E-state index contributed by atoms with van der Waals surface area (Å²) in [6.07, 6.45) is 3.71. The molecule has 7 nitrogen and oxygen atoms in total. The van der Waals surface area contributed by atoms with Crippen molar-refractivity contribution >= 4 is 17.5 Å². The van der Waals surface area contributed by atoms with Crippen molar-refractivity contribution in [2.45, 2.75) is 53.0 Å². The monoisotopic (exact) mass is 313 g/mol. The zero-order valence-corrected chi connectivity index (χ0v) is 14.2. The van der Waals surface area contributed by atoms with Gasteiger partial charge in [0.2, 0.25) is 5.91 Å². The largest absolute Gasteiger partial charge is 0.402 e. The van der Waals surface area contributed by atoms with Crippen LogP contribution in [0.1, 0.15) is 47.0 Å². The molecule has 0 aliphatic rings. The molecular weight excluding hydrogens is 282 g/mol. The van der Waals surface area contributed by atoms with Crippen molar-refractivity contribution in [3.63, 3.8) is 0 Å². The van der Waals surface area contributed by atoms with Crippen molar-refractivity contribution in [3.8, 4) is 0 Å². The first-order chi connectivity index (χ1) is 10.3. The van der Waals surface area contributed by atoms with Crippen molar-refractivity contribution in [2.24, 2.45) is 22.2 Å². The van der Waals surface area contributed by atoms with Crippen LogP contribution in [0.5, 0.6) is 0 Å². The molecule has 128 valence electrons. The summed E-state index contributed by atoms with van der Waals surface area (Å²) in [5.41, 5.74) is 16.8. The van der Waals surface area contributed by atoms with E-state index in [1.807, 2.05) is 0 Å². The van der Waals surface area contributed by atoms with Crippen LogP contribution in [-0.2, 0) is 9.59 Å². The number of allylic oxidation sites excluding steroid dienone is 1. The van der Waals surface area contributed by atoms with Crippen LogP contribution in [0.2, 0.25) is 0 Å². The molecule has 1 unspecified atom stereocenters. The minimum Gasteiger partial charge on any atom is -0.402 e. The molecule has 0 aromatic rings. The quantitative estimate of drug-likeness (QED) is 0.483. The van der Waals surface area contributed by atoms with Crippen molar-refractivity contribution in [3.05, 3.63) is 11.8 Å².